The van der Waals surface area contributed by atoms with Crippen molar-refractivity contribution in [2.24, 2.45) is 18.9 Å². The zero-order valence-electron chi connectivity index (χ0n) is 18.3. The highest BCUT2D eigenvalue weighted by atomic mass is 16.2. The maximum Gasteiger partial charge on any atom is 0.295 e. The number of nitrogens with zero attached hydrogens (tertiary/aromatic N) is 2. The van der Waals surface area contributed by atoms with Crippen LogP contribution in [0.15, 0.2) is 35.1 Å². The summed E-state index contributed by atoms with van der Waals surface area (Å²) < 4.78 is 3.23. The van der Waals surface area contributed by atoms with Crippen LogP contribution in [0.4, 0.5) is 5.69 Å². The molecule has 2 N–H and O–H groups in total. The second-order valence-corrected chi connectivity index (χ2v) is 8.43. The van der Waals surface area contributed by atoms with E-state index in [1.165, 1.54) is 11.1 Å². The Morgan fingerprint density at radius 2 is 1.73 bits per heavy atom. The molecular formula is C23H32N4O3. The fraction of sp³-hybridized carbons (Fsp3) is 0.522. The molecule has 0 radical (unpaired) electrons. The summed E-state index contributed by atoms with van der Waals surface area (Å²) in [6, 6.07) is 9.45. The molecule has 2 aromatic rings. The first-order chi connectivity index (χ1) is 14.3. The molecule has 1 aliphatic carbocycles. The first-order valence-electron chi connectivity index (χ1n) is 10.7. The van der Waals surface area contributed by atoms with Gasteiger partial charge in [-0.3, -0.25) is 19.1 Å². The number of nitrogens with one attached hydrogen (secondary N) is 2. The minimum atomic E-state index is -0.332. The van der Waals surface area contributed by atoms with E-state index < -0.39 is 0 Å². The predicted octanol–water partition coefficient (Wildman–Crippen LogP) is 3.14. The lowest BCUT2D eigenvalue weighted by Crippen LogP contribution is -2.43. The van der Waals surface area contributed by atoms with Gasteiger partial charge in [-0.05, 0) is 37.3 Å². The summed E-state index contributed by atoms with van der Waals surface area (Å²) in [5, 5.41) is 5.80. The van der Waals surface area contributed by atoms with Crippen molar-refractivity contribution < 1.29 is 9.59 Å². The van der Waals surface area contributed by atoms with Crippen LogP contribution in [0.2, 0.25) is 0 Å². The predicted molar refractivity (Wildman–Crippen MR) is 118 cm³/mol. The fourth-order valence-corrected chi connectivity index (χ4v) is 4.21. The molecule has 0 spiro atoms. The smallest absolute Gasteiger partial charge is 0.295 e. The summed E-state index contributed by atoms with van der Waals surface area (Å²) in [4.78, 5) is 37.6. The highest BCUT2D eigenvalue weighted by Gasteiger charge is 2.28. The van der Waals surface area contributed by atoms with Crippen molar-refractivity contribution in [3.8, 4) is 5.69 Å². The molecule has 0 bridgehead atoms. The standard InChI is InChI=1S/C23H32N4O3/c1-15-9-8-12-19(16(15)2)24-20(28)13-14-21(29)25-22-17(3)26(4)27(23(22)30)18-10-6-5-7-11-18/h5-7,10-11,15-16,19H,8-9,12-14H2,1-4H3,(H,24,28)(H,25,29). The van der Waals surface area contributed by atoms with Gasteiger partial charge in [-0.2, -0.15) is 0 Å². The number of carbonyl (C=O) groups excluding carboxylic acids is 2. The van der Waals surface area contributed by atoms with Crippen LogP contribution < -0.4 is 16.2 Å². The summed E-state index contributed by atoms with van der Waals surface area (Å²) in [7, 11) is 1.78. The van der Waals surface area contributed by atoms with E-state index in [2.05, 4.69) is 24.5 Å². The van der Waals surface area contributed by atoms with Gasteiger partial charge in [-0.1, -0.05) is 44.9 Å². The summed E-state index contributed by atoms with van der Waals surface area (Å²) in [5.74, 6) is 0.601. The molecule has 3 unspecified atom stereocenters. The molecule has 3 rings (SSSR count). The van der Waals surface area contributed by atoms with E-state index >= 15 is 0 Å². The van der Waals surface area contributed by atoms with E-state index in [-0.39, 0.29) is 41.9 Å². The molecule has 3 atom stereocenters. The van der Waals surface area contributed by atoms with Gasteiger partial charge in [0.2, 0.25) is 11.8 Å². The van der Waals surface area contributed by atoms with Crippen LogP contribution >= 0.6 is 0 Å². The monoisotopic (exact) mass is 412 g/mol. The zero-order valence-corrected chi connectivity index (χ0v) is 18.3. The van der Waals surface area contributed by atoms with Crippen LogP contribution in [0.3, 0.4) is 0 Å². The molecule has 1 aromatic carbocycles. The minimum absolute atomic E-state index is 0.0433. The van der Waals surface area contributed by atoms with Gasteiger partial charge >= 0.3 is 0 Å². The van der Waals surface area contributed by atoms with E-state index in [4.69, 9.17) is 0 Å². The average molecular weight is 413 g/mol. The van der Waals surface area contributed by atoms with Crippen molar-refractivity contribution in [2.75, 3.05) is 5.32 Å². The molecular weight excluding hydrogens is 380 g/mol. The average Bonchev–Trinajstić information content (AvgIpc) is 2.94. The van der Waals surface area contributed by atoms with Gasteiger partial charge in [0.25, 0.3) is 5.56 Å². The van der Waals surface area contributed by atoms with Crippen LogP contribution in [-0.2, 0) is 16.6 Å². The summed E-state index contributed by atoms with van der Waals surface area (Å²) in [5.41, 5.74) is 1.35. The number of carbonyl (C=O) groups is 2. The third-order valence-electron chi connectivity index (χ3n) is 6.45. The Hall–Kier alpha value is -2.83. The van der Waals surface area contributed by atoms with Gasteiger partial charge in [0, 0.05) is 25.9 Å². The number of anilines is 1. The summed E-state index contributed by atoms with van der Waals surface area (Å²) >= 11 is 0. The van der Waals surface area contributed by atoms with Crippen LogP contribution in [0.5, 0.6) is 0 Å². The third-order valence-corrected chi connectivity index (χ3v) is 6.45. The van der Waals surface area contributed by atoms with Gasteiger partial charge in [-0.25, -0.2) is 4.68 Å². The van der Waals surface area contributed by atoms with Crippen molar-refractivity contribution in [2.45, 2.75) is 58.9 Å². The third kappa shape index (κ3) is 4.66. The Kier molecular flexibility index (Phi) is 6.80. The normalized spacial score (nSPS) is 21.3. The number of rotatable bonds is 6. The number of aromatic nitrogens is 2. The molecule has 0 aliphatic heterocycles. The van der Waals surface area contributed by atoms with E-state index in [1.54, 1.807) is 18.7 Å². The molecule has 1 heterocycles. The first-order valence-corrected chi connectivity index (χ1v) is 10.7. The zero-order chi connectivity index (χ0) is 21.8. The van der Waals surface area contributed by atoms with Crippen molar-refractivity contribution in [3.63, 3.8) is 0 Å². The van der Waals surface area contributed by atoms with Crippen molar-refractivity contribution in [1.82, 2.24) is 14.7 Å². The van der Waals surface area contributed by atoms with Gasteiger partial charge in [0.15, 0.2) is 0 Å². The Morgan fingerprint density at radius 3 is 2.43 bits per heavy atom. The maximum absolute atomic E-state index is 12.9. The Labute approximate surface area is 177 Å². The fourth-order valence-electron chi connectivity index (χ4n) is 4.21. The van der Waals surface area contributed by atoms with Gasteiger partial charge in [0.1, 0.15) is 5.69 Å². The second kappa shape index (κ2) is 9.32. The largest absolute Gasteiger partial charge is 0.353 e. The lowest BCUT2D eigenvalue weighted by atomic mass is 9.78. The number of amides is 2. The van der Waals surface area contributed by atoms with Crippen LogP contribution in [0.25, 0.3) is 5.69 Å². The molecule has 30 heavy (non-hydrogen) atoms. The van der Waals surface area contributed by atoms with E-state index in [1.807, 2.05) is 30.3 Å². The SMILES string of the molecule is Cc1c(NC(=O)CCC(=O)NC2CCCC(C)C2C)c(=O)n(-c2ccccc2)n1C. The minimum Gasteiger partial charge on any atom is -0.353 e. The molecule has 7 heteroatoms. The summed E-state index contributed by atoms with van der Waals surface area (Å²) in [6.45, 7) is 6.19. The van der Waals surface area contributed by atoms with Crippen LogP contribution in [-0.4, -0.2) is 27.2 Å². The van der Waals surface area contributed by atoms with E-state index in [9.17, 15) is 14.4 Å². The van der Waals surface area contributed by atoms with Crippen molar-refractivity contribution >= 4 is 17.5 Å². The molecule has 1 fully saturated rings. The molecule has 1 aliphatic rings. The molecule has 0 saturated heterocycles. The number of hydrogen-bond donors (Lipinski definition) is 2. The molecule has 1 aromatic heterocycles. The van der Waals surface area contributed by atoms with Crippen molar-refractivity contribution in [3.05, 3.63) is 46.4 Å². The van der Waals surface area contributed by atoms with Gasteiger partial charge in [0.05, 0.1) is 11.4 Å². The second-order valence-electron chi connectivity index (χ2n) is 8.43. The van der Waals surface area contributed by atoms with Crippen LogP contribution in [0, 0.1) is 18.8 Å². The molecule has 1 saturated carbocycles. The lowest BCUT2D eigenvalue weighted by molar-refractivity contribution is -0.125. The first kappa shape index (κ1) is 21.9. The van der Waals surface area contributed by atoms with E-state index in [0.717, 1.165) is 18.5 Å². The van der Waals surface area contributed by atoms with Crippen molar-refractivity contribution in [1.29, 1.82) is 0 Å². The lowest BCUT2D eigenvalue weighted by Gasteiger charge is -2.34. The topological polar surface area (TPSA) is 85.1 Å². The highest BCUT2D eigenvalue weighted by Crippen LogP contribution is 2.29. The van der Waals surface area contributed by atoms with Gasteiger partial charge in [-0.15, -0.1) is 0 Å². The van der Waals surface area contributed by atoms with Crippen LogP contribution in [0.1, 0.15) is 51.6 Å². The molecule has 7 nitrogen and oxygen atoms in total. The Balaban J connectivity index is 1.60. The summed E-state index contributed by atoms with van der Waals surface area (Å²) in [6.07, 6.45) is 3.47. The number of para-hydroxylation sites is 1. The van der Waals surface area contributed by atoms with Gasteiger partial charge < -0.3 is 10.6 Å². The molecule has 2 amide bonds. The quantitative estimate of drug-likeness (QED) is 0.764. The highest BCUT2D eigenvalue weighted by molar-refractivity contribution is 5.93. The Bertz CT molecular complexity index is 961. The number of benzene rings is 1. The Morgan fingerprint density at radius 1 is 1.07 bits per heavy atom. The molecule has 162 valence electrons. The number of hydrogen-bond acceptors (Lipinski definition) is 3. The maximum atomic E-state index is 12.9. The van der Waals surface area contributed by atoms with E-state index in [0.29, 0.717) is 17.5 Å².